The van der Waals surface area contributed by atoms with Crippen LogP contribution in [0.1, 0.15) is 12.5 Å². The minimum atomic E-state index is 0.433. The number of nitrogens with zero attached hydrogens (tertiary/aromatic N) is 1. The number of hydrogen-bond donors (Lipinski definition) is 1. The first kappa shape index (κ1) is 9.28. The Morgan fingerprint density at radius 1 is 1.29 bits per heavy atom. The van der Waals surface area contributed by atoms with Gasteiger partial charge in [0, 0.05) is 19.8 Å². The van der Waals surface area contributed by atoms with Crippen LogP contribution in [0.15, 0.2) is 36.5 Å². The molecule has 0 spiro atoms. The van der Waals surface area contributed by atoms with E-state index in [0.717, 1.165) is 6.54 Å². The molecule has 1 atom stereocenters. The summed E-state index contributed by atoms with van der Waals surface area (Å²) in [5.41, 5.74) is 2.66. The quantitative estimate of drug-likeness (QED) is 0.724. The molecule has 1 unspecified atom stereocenters. The molecule has 2 rings (SSSR count). The molecule has 1 aromatic rings. The molecule has 0 saturated heterocycles. The van der Waals surface area contributed by atoms with Crippen LogP contribution in [0.5, 0.6) is 0 Å². The zero-order valence-corrected chi connectivity index (χ0v) is 8.70. The molecular weight excluding hydrogens is 172 g/mol. The van der Waals surface area contributed by atoms with Crippen LogP contribution >= 0.6 is 0 Å². The highest BCUT2D eigenvalue weighted by Crippen LogP contribution is 2.17. The standard InChI is InChI=1S/C12H16N2/c1-10-13-8-12(9-14(10)2)11-6-4-3-5-7-11/h3-7,9-10,13H,8H2,1-2H3. The number of nitrogens with one attached hydrogen (secondary N) is 1. The van der Waals surface area contributed by atoms with Gasteiger partial charge in [-0.15, -0.1) is 0 Å². The predicted molar refractivity (Wildman–Crippen MR) is 59.6 cm³/mol. The van der Waals surface area contributed by atoms with Gasteiger partial charge in [-0.05, 0) is 18.1 Å². The third-order valence-electron chi connectivity index (χ3n) is 2.70. The maximum Gasteiger partial charge on any atom is 0.0761 e. The van der Waals surface area contributed by atoms with Crippen LogP contribution in [-0.2, 0) is 0 Å². The molecule has 1 N–H and O–H groups in total. The van der Waals surface area contributed by atoms with Crippen molar-refractivity contribution >= 4 is 5.57 Å². The van der Waals surface area contributed by atoms with Crippen molar-refractivity contribution < 1.29 is 0 Å². The van der Waals surface area contributed by atoms with Crippen molar-refractivity contribution in [1.82, 2.24) is 10.2 Å². The topological polar surface area (TPSA) is 15.3 Å². The summed E-state index contributed by atoms with van der Waals surface area (Å²) in [6.07, 6.45) is 2.65. The summed E-state index contributed by atoms with van der Waals surface area (Å²) >= 11 is 0. The lowest BCUT2D eigenvalue weighted by atomic mass is 10.1. The van der Waals surface area contributed by atoms with Gasteiger partial charge in [-0.2, -0.15) is 0 Å². The van der Waals surface area contributed by atoms with Gasteiger partial charge in [0.25, 0.3) is 0 Å². The summed E-state index contributed by atoms with van der Waals surface area (Å²) in [6.45, 7) is 3.12. The Labute approximate surface area is 85.2 Å². The van der Waals surface area contributed by atoms with Gasteiger partial charge in [0.1, 0.15) is 0 Å². The minimum Gasteiger partial charge on any atom is -0.365 e. The van der Waals surface area contributed by atoms with Crippen LogP contribution in [0, 0.1) is 0 Å². The predicted octanol–water partition coefficient (Wildman–Crippen LogP) is 1.91. The third-order valence-corrected chi connectivity index (χ3v) is 2.70. The van der Waals surface area contributed by atoms with Gasteiger partial charge in [-0.3, -0.25) is 5.32 Å². The van der Waals surface area contributed by atoms with Crippen LogP contribution in [-0.4, -0.2) is 24.7 Å². The fraction of sp³-hybridized carbons (Fsp3) is 0.333. The van der Waals surface area contributed by atoms with E-state index in [2.05, 4.69) is 54.7 Å². The van der Waals surface area contributed by atoms with Crippen molar-refractivity contribution in [1.29, 1.82) is 0 Å². The van der Waals surface area contributed by atoms with Crippen molar-refractivity contribution in [3.8, 4) is 0 Å². The lowest BCUT2D eigenvalue weighted by Crippen LogP contribution is -2.42. The Morgan fingerprint density at radius 2 is 2.00 bits per heavy atom. The Kier molecular flexibility index (Phi) is 2.55. The molecule has 1 aliphatic heterocycles. The monoisotopic (exact) mass is 188 g/mol. The van der Waals surface area contributed by atoms with E-state index in [-0.39, 0.29) is 0 Å². The molecule has 14 heavy (non-hydrogen) atoms. The largest absolute Gasteiger partial charge is 0.365 e. The first-order chi connectivity index (χ1) is 6.77. The average Bonchev–Trinajstić information content (AvgIpc) is 2.23. The van der Waals surface area contributed by atoms with Crippen molar-refractivity contribution in [2.24, 2.45) is 0 Å². The normalized spacial score (nSPS) is 22.0. The molecular formula is C12H16N2. The first-order valence-electron chi connectivity index (χ1n) is 4.99. The van der Waals surface area contributed by atoms with Crippen molar-refractivity contribution in [3.63, 3.8) is 0 Å². The number of rotatable bonds is 1. The molecule has 0 radical (unpaired) electrons. The van der Waals surface area contributed by atoms with Crippen LogP contribution in [0.2, 0.25) is 0 Å². The maximum absolute atomic E-state index is 3.44. The van der Waals surface area contributed by atoms with Crippen LogP contribution in [0.4, 0.5) is 0 Å². The van der Waals surface area contributed by atoms with Gasteiger partial charge < -0.3 is 4.90 Å². The van der Waals surface area contributed by atoms with Crippen LogP contribution in [0.3, 0.4) is 0 Å². The Bertz CT molecular complexity index is 329. The fourth-order valence-electron chi connectivity index (χ4n) is 1.63. The van der Waals surface area contributed by atoms with E-state index < -0.39 is 0 Å². The Morgan fingerprint density at radius 3 is 2.64 bits per heavy atom. The molecule has 1 aromatic carbocycles. The molecule has 2 heteroatoms. The average molecular weight is 188 g/mol. The smallest absolute Gasteiger partial charge is 0.0761 e. The second-order valence-corrected chi connectivity index (χ2v) is 3.74. The third kappa shape index (κ3) is 1.80. The Hall–Kier alpha value is -1.28. The van der Waals surface area contributed by atoms with Crippen molar-refractivity contribution in [2.45, 2.75) is 13.1 Å². The van der Waals surface area contributed by atoms with E-state index in [1.165, 1.54) is 11.1 Å². The molecule has 0 aliphatic carbocycles. The summed E-state index contributed by atoms with van der Waals surface area (Å²) in [6, 6.07) is 10.5. The van der Waals surface area contributed by atoms with E-state index >= 15 is 0 Å². The summed E-state index contributed by atoms with van der Waals surface area (Å²) in [7, 11) is 2.10. The number of hydrogen-bond acceptors (Lipinski definition) is 2. The van der Waals surface area contributed by atoms with Gasteiger partial charge in [0.05, 0.1) is 6.17 Å². The van der Waals surface area contributed by atoms with Crippen molar-refractivity contribution in [2.75, 3.05) is 13.6 Å². The lowest BCUT2D eigenvalue weighted by molar-refractivity contribution is 0.294. The molecule has 0 fully saturated rings. The van der Waals surface area contributed by atoms with Gasteiger partial charge in [-0.25, -0.2) is 0 Å². The van der Waals surface area contributed by atoms with Gasteiger partial charge >= 0.3 is 0 Å². The van der Waals surface area contributed by atoms with Gasteiger partial charge in [0.2, 0.25) is 0 Å². The zero-order chi connectivity index (χ0) is 9.97. The van der Waals surface area contributed by atoms with E-state index in [1.807, 2.05) is 6.07 Å². The second kappa shape index (κ2) is 3.84. The van der Waals surface area contributed by atoms with E-state index in [4.69, 9.17) is 0 Å². The summed E-state index contributed by atoms with van der Waals surface area (Å²) in [4.78, 5) is 2.20. The van der Waals surface area contributed by atoms with Crippen molar-refractivity contribution in [3.05, 3.63) is 42.1 Å². The van der Waals surface area contributed by atoms with Crippen LogP contribution < -0.4 is 5.32 Å². The molecule has 0 bridgehead atoms. The molecule has 0 saturated carbocycles. The molecule has 1 aliphatic rings. The lowest BCUT2D eigenvalue weighted by Gasteiger charge is -2.30. The Balaban J connectivity index is 2.24. The molecule has 2 nitrogen and oxygen atoms in total. The maximum atomic E-state index is 3.44. The molecule has 0 amide bonds. The van der Waals surface area contributed by atoms with Gasteiger partial charge in [-0.1, -0.05) is 30.3 Å². The minimum absolute atomic E-state index is 0.433. The second-order valence-electron chi connectivity index (χ2n) is 3.74. The SMILES string of the molecule is CC1NCC(c2ccccc2)=CN1C. The highest BCUT2D eigenvalue weighted by Gasteiger charge is 2.13. The van der Waals surface area contributed by atoms with E-state index in [1.54, 1.807) is 0 Å². The van der Waals surface area contributed by atoms with E-state index in [9.17, 15) is 0 Å². The first-order valence-corrected chi connectivity index (χ1v) is 4.99. The molecule has 0 aromatic heterocycles. The zero-order valence-electron chi connectivity index (χ0n) is 8.70. The summed E-state index contributed by atoms with van der Waals surface area (Å²) in [5.74, 6) is 0. The van der Waals surface area contributed by atoms with E-state index in [0.29, 0.717) is 6.17 Å². The molecule has 1 heterocycles. The highest BCUT2D eigenvalue weighted by atomic mass is 15.2. The summed E-state index contributed by atoms with van der Waals surface area (Å²) in [5, 5.41) is 3.44. The van der Waals surface area contributed by atoms with Crippen LogP contribution in [0.25, 0.3) is 5.57 Å². The fourth-order valence-corrected chi connectivity index (χ4v) is 1.63. The highest BCUT2D eigenvalue weighted by molar-refractivity contribution is 5.67. The van der Waals surface area contributed by atoms with Gasteiger partial charge in [0.15, 0.2) is 0 Å². The number of benzene rings is 1. The molecule has 74 valence electrons. The summed E-state index contributed by atoms with van der Waals surface area (Å²) < 4.78 is 0.